The van der Waals surface area contributed by atoms with Gasteiger partial charge in [0.15, 0.2) is 0 Å². The van der Waals surface area contributed by atoms with E-state index < -0.39 is 0 Å². The van der Waals surface area contributed by atoms with Crippen molar-refractivity contribution in [2.24, 2.45) is 0 Å². The van der Waals surface area contributed by atoms with Gasteiger partial charge in [-0.25, -0.2) is 0 Å². The minimum absolute atomic E-state index is 0.0672. The predicted molar refractivity (Wildman–Crippen MR) is 78.4 cm³/mol. The average Bonchev–Trinajstić information content (AvgIpc) is 2.48. The summed E-state index contributed by atoms with van der Waals surface area (Å²) >= 11 is 0. The van der Waals surface area contributed by atoms with E-state index in [1.54, 1.807) is 0 Å². The molecule has 3 heteroatoms. The first-order valence-corrected chi connectivity index (χ1v) is 7.35. The van der Waals surface area contributed by atoms with Gasteiger partial charge in [-0.2, -0.15) is 0 Å². The summed E-state index contributed by atoms with van der Waals surface area (Å²) in [6, 6.07) is 8.26. The van der Waals surface area contributed by atoms with Gasteiger partial charge >= 0.3 is 0 Å². The fourth-order valence-electron chi connectivity index (χ4n) is 2.55. The molecule has 19 heavy (non-hydrogen) atoms. The van der Waals surface area contributed by atoms with Crippen molar-refractivity contribution in [1.29, 1.82) is 0 Å². The number of carbonyl (C=O) groups is 1. The maximum atomic E-state index is 12.1. The van der Waals surface area contributed by atoms with E-state index in [-0.39, 0.29) is 5.91 Å². The van der Waals surface area contributed by atoms with E-state index in [1.807, 2.05) is 24.3 Å². The van der Waals surface area contributed by atoms with Gasteiger partial charge in [0.05, 0.1) is 0 Å². The molecule has 0 aliphatic carbocycles. The third-order valence-electron chi connectivity index (χ3n) is 3.99. The van der Waals surface area contributed by atoms with Gasteiger partial charge in [-0.3, -0.25) is 4.79 Å². The fourth-order valence-corrected chi connectivity index (χ4v) is 2.55. The molecule has 1 aromatic carbocycles. The van der Waals surface area contributed by atoms with Crippen molar-refractivity contribution in [3.63, 3.8) is 0 Å². The number of nitrogens with one attached hydrogen (secondary N) is 1. The highest BCUT2D eigenvalue weighted by Crippen LogP contribution is 2.11. The number of nitrogens with zero attached hydrogens (tertiary/aromatic N) is 1. The summed E-state index contributed by atoms with van der Waals surface area (Å²) in [5.41, 5.74) is 2.04. The van der Waals surface area contributed by atoms with Gasteiger partial charge in [-0.15, -0.1) is 0 Å². The highest BCUT2D eigenvalue weighted by atomic mass is 16.1. The van der Waals surface area contributed by atoms with Crippen LogP contribution >= 0.6 is 0 Å². The Hall–Kier alpha value is -1.35. The van der Waals surface area contributed by atoms with Crippen LogP contribution in [0, 0.1) is 0 Å². The average molecular weight is 260 g/mol. The Morgan fingerprint density at radius 3 is 2.37 bits per heavy atom. The largest absolute Gasteiger partial charge is 0.349 e. The maximum Gasteiger partial charge on any atom is 0.251 e. The third-order valence-corrected chi connectivity index (χ3v) is 3.99. The number of carbonyl (C=O) groups excluding carboxylic acids is 1. The molecule has 1 saturated heterocycles. The van der Waals surface area contributed by atoms with Crippen LogP contribution in [0.15, 0.2) is 24.3 Å². The van der Waals surface area contributed by atoms with E-state index in [0.717, 1.165) is 44.5 Å². The normalized spacial score (nSPS) is 17.4. The minimum Gasteiger partial charge on any atom is -0.349 e. The third kappa shape index (κ3) is 3.80. The maximum absolute atomic E-state index is 12.1. The van der Waals surface area contributed by atoms with Gasteiger partial charge in [0, 0.05) is 24.7 Å². The molecule has 0 aromatic heterocycles. The van der Waals surface area contributed by atoms with Gasteiger partial charge in [0.1, 0.15) is 0 Å². The van der Waals surface area contributed by atoms with Crippen LogP contribution in [0.5, 0.6) is 0 Å². The number of hydrogen-bond acceptors (Lipinski definition) is 2. The first-order valence-electron chi connectivity index (χ1n) is 7.35. The molecule has 0 radical (unpaired) electrons. The Kier molecular flexibility index (Phi) is 4.97. The number of benzene rings is 1. The van der Waals surface area contributed by atoms with E-state index in [4.69, 9.17) is 0 Å². The molecule has 1 amide bonds. The Morgan fingerprint density at radius 2 is 1.84 bits per heavy atom. The van der Waals surface area contributed by atoms with Gasteiger partial charge in [0.2, 0.25) is 0 Å². The Morgan fingerprint density at radius 1 is 1.21 bits per heavy atom. The van der Waals surface area contributed by atoms with E-state index in [2.05, 4.69) is 24.1 Å². The molecule has 1 heterocycles. The summed E-state index contributed by atoms with van der Waals surface area (Å²) in [5.74, 6) is 0.0672. The SMILES string of the molecule is CCc1ccc(C(=O)NC2CCN(CC)CC2)cc1. The molecule has 104 valence electrons. The lowest BCUT2D eigenvalue weighted by Crippen LogP contribution is -2.44. The molecule has 0 saturated carbocycles. The van der Waals surface area contributed by atoms with E-state index in [9.17, 15) is 4.79 Å². The topological polar surface area (TPSA) is 32.3 Å². The van der Waals surface area contributed by atoms with Crippen LogP contribution in [0.4, 0.5) is 0 Å². The fraction of sp³-hybridized carbons (Fsp3) is 0.562. The Balaban J connectivity index is 1.87. The van der Waals surface area contributed by atoms with Crippen LogP contribution in [0.3, 0.4) is 0 Å². The van der Waals surface area contributed by atoms with E-state index in [1.165, 1.54) is 5.56 Å². The van der Waals surface area contributed by atoms with Crippen LogP contribution in [-0.2, 0) is 6.42 Å². The zero-order valence-corrected chi connectivity index (χ0v) is 12.0. The van der Waals surface area contributed by atoms with E-state index in [0.29, 0.717) is 6.04 Å². The number of hydrogen-bond donors (Lipinski definition) is 1. The summed E-state index contributed by atoms with van der Waals surface area (Å²) in [6.07, 6.45) is 3.14. The van der Waals surface area contributed by atoms with Crippen LogP contribution in [0.25, 0.3) is 0 Å². The van der Waals surface area contributed by atoms with Crippen LogP contribution in [0.2, 0.25) is 0 Å². The van der Waals surface area contributed by atoms with Crippen LogP contribution in [0.1, 0.15) is 42.6 Å². The van der Waals surface area contributed by atoms with Crippen molar-refractivity contribution < 1.29 is 4.79 Å². The number of aryl methyl sites for hydroxylation is 1. The van der Waals surface area contributed by atoms with Crippen molar-refractivity contribution in [3.8, 4) is 0 Å². The molecule has 1 aliphatic heterocycles. The molecule has 2 rings (SSSR count). The molecule has 1 N–H and O–H groups in total. The molecule has 1 aromatic rings. The lowest BCUT2D eigenvalue weighted by atomic mass is 10.0. The Labute approximate surface area is 116 Å². The number of amides is 1. The zero-order chi connectivity index (χ0) is 13.7. The molecule has 1 aliphatic rings. The van der Waals surface area contributed by atoms with Crippen LogP contribution in [-0.4, -0.2) is 36.5 Å². The molecule has 0 bridgehead atoms. The van der Waals surface area contributed by atoms with Crippen LogP contribution < -0.4 is 5.32 Å². The quantitative estimate of drug-likeness (QED) is 0.902. The lowest BCUT2D eigenvalue weighted by molar-refractivity contribution is 0.0912. The Bertz CT molecular complexity index is 405. The van der Waals surface area contributed by atoms with Gasteiger partial charge in [-0.05, 0) is 43.5 Å². The van der Waals surface area contributed by atoms with Gasteiger partial charge in [0.25, 0.3) is 5.91 Å². The molecular weight excluding hydrogens is 236 g/mol. The predicted octanol–water partition coefficient (Wildman–Crippen LogP) is 2.46. The number of likely N-dealkylation sites (tertiary alicyclic amines) is 1. The van der Waals surface area contributed by atoms with Crippen molar-refractivity contribution in [2.75, 3.05) is 19.6 Å². The van der Waals surface area contributed by atoms with E-state index >= 15 is 0 Å². The monoisotopic (exact) mass is 260 g/mol. The molecule has 0 spiro atoms. The minimum atomic E-state index is 0.0672. The number of piperidine rings is 1. The molecule has 1 fully saturated rings. The molecule has 0 atom stereocenters. The zero-order valence-electron chi connectivity index (χ0n) is 12.0. The second-order valence-corrected chi connectivity index (χ2v) is 5.23. The first kappa shape index (κ1) is 14.1. The standard InChI is InChI=1S/C16H24N2O/c1-3-13-5-7-14(8-6-13)16(19)17-15-9-11-18(4-2)12-10-15/h5-8,15H,3-4,9-12H2,1-2H3,(H,17,19). The second-order valence-electron chi connectivity index (χ2n) is 5.23. The highest BCUT2D eigenvalue weighted by Gasteiger charge is 2.19. The molecular formula is C16H24N2O. The number of rotatable bonds is 4. The van der Waals surface area contributed by atoms with Crippen molar-refractivity contribution in [2.45, 2.75) is 39.2 Å². The lowest BCUT2D eigenvalue weighted by Gasteiger charge is -2.31. The smallest absolute Gasteiger partial charge is 0.251 e. The van der Waals surface area contributed by atoms with Crippen molar-refractivity contribution >= 4 is 5.91 Å². The van der Waals surface area contributed by atoms with Crippen molar-refractivity contribution in [3.05, 3.63) is 35.4 Å². The van der Waals surface area contributed by atoms with Crippen molar-refractivity contribution in [1.82, 2.24) is 10.2 Å². The summed E-state index contributed by atoms with van der Waals surface area (Å²) in [4.78, 5) is 14.6. The summed E-state index contributed by atoms with van der Waals surface area (Å²) < 4.78 is 0. The second kappa shape index (κ2) is 6.71. The van der Waals surface area contributed by atoms with Gasteiger partial charge < -0.3 is 10.2 Å². The molecule has 0 unspecified atom stereocenters. The summed E-state index contributed by atoms with van der Waals surface area (Å²) in [7, 11) is 0. The molecule has 3 nitrogen and oxygen atoms in total. The summed E-state index contributed by atoms with van der Waals surface area (Å²) in [6.45, 7) is 7.61. The first-order chi connectivity index (χ1) is 9.22. The van der Waals surface area contributed by atoms with Gasteiger partial charge in [-0.1, -0.05) is 26.0 Å². The highest BCUT2D eigenvalue weighted by molar-refractivity contribution is 5.94. The summed E-state index contributed by atoms with van der Waals surface area (Å²) in [5, 5.41) is 3.15.